The van der Waals surface area contributed by atoms with Gasteiger partial charge in [-0.1, -0.05) is 27.7 Å². The molecule has 0 aromatic rings. The summed E-state index contributed by atoms with van der Waals surface area (Å²) in [5, 5.41) is 8.55. The van der Waals surface area contributed by atoms with E-state index in [1.807, 2.05) is 20.8 Å². The third kappa shape index (κ3) is 3.40. The Labute approximate surface area is 88.4 Å². The predicted molar refractivity (Wildman–Crippen MR) is 58.7 cm³/mol. The Morgan fingerprint density at radius 3 is 1.79 bits per heavy atom. The van der Waals surface area contributed by atoms with Crippen LogP contribution in [0.5, 0.6) is 0 Å². The molecule has 0 heterocycles. The van der Waals surface area contributed by atoms with Crippen molar-refractivity contribution >= 4 is 16.8 Å². The maximum atomic E-state index is 11.9. The lowest BCUT2D eigenvalue weighted by molar-refractivity contribution is -0.141. The maximum Gasteiger partial charge on any atom is 0.307 e. The summed E-state index contributed by atoms with van der Waals surface area (Å²) in [4.78, 5) is 10.7. The molecule has 0 saturated carbocycles. The van der Waals surface area contributed by atoms with Gasteiger partial charge in [0.1, 0.15) is 0 Å². The monoisotopic (exact) mass is 220 g/mol. The van der Waals surface area contributed by atoms with Crippen LogP contribution >= 0.6 is 0 Å². The molecule has 0 rings (SSSR count). The number of carboxylic acid groups (broad SMARTS) is 1. The van der Waals surface area contributed by atoms with Gasteiger partial charge in [0.05, 0.1) is 5.92 Å². The van der Waals surface area contributed by atoms with Crippen molar-refractivity contribution in [1.29, 1.82) is 0 Å². The molecule has 1 N–H and O–H groups in total. The fourth-order valence-corrected chi connectivity index (χ4v) is 2.74. The Morgan fingerprint density at radius 2 is 1.50 bits per heavy atom. The van der Waals surface area contributed by atoms with E-state index < -0.39 is 22.7 Å². The van der Waals surface area contributed by atoms with E-state index in [0.717, 1.165) is 0 Å². The second-order valence-electron chi connectivity index (χ2n) is 4.11. The van der Waals surface area contributed by atoms with E-state index in [0.29, 0.717) is 5.92 Å². The summed E-state index contributed by atoms with van der Waals surface area (Å²) in [6.07, 6.45) is 0. The van der Waals surface area contributed by atoms with E-state index in [9.17, 15) is 9.00 Å². The van der Waals surface area contributed by atoms with Gasteiger partial charge in [-0.25, -0.2) is 0 Å². The minimum Gasteiger partial charge on any atom is -0.481 e. The third-order valence-electron chi connectivity index (χ3n) is 2.77. The van der Waals surface area contributed by atoms with Crippen LogP contribution in [0.15, 0.2) is 0 Å². The van der Waals surface area contributed by atoms with Crippen LogP contribution in [0.1, 0.15) is 34.6 Å². The van der Waals surface area contributed by atoms with Gasteiger partial charge in [-0.2, -0.15) is 0 Å². The van der Waals surface area contributed by atoms with Crippen LogP contribution in [0.2, 0.25) is 0 Å². The Bertz CT molecular complexity index is 225. The van der Waals surface area contributed by atoms with Crippen LogP contribution < -0.4 is 0 Å². The molecule has 0 bridgehead atoms. The summed E-state index contributed by atoms with van der Waals surface area (Å²) >= 11 is 0. The Morgan fingerprint density at radius 1 is 1.07 bits per heavy atom. The van der Waals surface area contributed by atoms with Crippen molar-refractivity contribution in [1.82, 2.24) is 0 Å². The van der Waals surface area contributed by atoms with Gasteiger partial charge in [0.2, 0.25) is 0 Å². The van der Waals surface area contributed by atoms with Crippen molar-refractivity contribution in [2.75, 3.05) is 0 Å². The number of carbonyl (C=O) groups is 1. The van der Waals surface area contributed by atoms with Crippen molar-refractivity contribution in [3.8, 4) is 0 Å². The standard InChI is InChI=1S/C10H20O3S/c1-6(2)8(4)14(13)9(5)7(3)10(11)12/h6-9H,1-5H3,(H,11,12). The highest BCUT2D eigenvalue weighted by molar-refractivity contribution is 7.86. The van der Waals surface area contributed by atoms with Gasteiger partial charge in [0.25, 0.3) is 0 Å². The van der Waals surface area contributed by atoms with Crippen LogP contribution in [0.3, 0.4) is 0 Å². The first-order chi connectivity index (χ1) is 6.29. The van der Waals surface area contributed by atoms with Crippen LogP contribution in [-0.2, 0) is 15.6 Å². The number of hydrogen-bond acceptors (Lipinski definition) is 2. The van der Waals surface area contributed by atoms with Crippen molar-refractivity contribution < 1.29 is 14.1 Å². The first-order valence-corrected chi connectivity index (χ1v) is 6.18. The van der Waals surface area contributed by atoms with Gasteiger partial charge < -0.3 is 5.11 Å². The highest BCUT2D eigenvalue weighted by atomic mass is 32.2. The Hall–Kier alpha value is -0.380. The zero-order valence-corrected chi connectivity index (χ0v) is 10.3. The average Bonchev–Trinajstić information content (AvgIpc) is 2.12. The third-order valence-corrected chi connectivity index (χ3v) is 5.18. The largest absolute Gasteiger partial charge is 0.481 e. The second-order valence-corrected chi connectivity index (χ2v) is 6.25. The SMILES string of the molecule is CC(C)C(C)S(=O)C(C)C(C)C(=O)O. The van der Waals surface area contributed by atoms with E-state index in [4.69, 9.17) is 5.11 Å². The van der Waals surface area contributed by atoms with E-state index in [1.54, 1.807) is 13.8 Å². The van der Waals surface area contributed by atoms with Gasteiger partial charge >= 0.3 is 5.97 Å². The number of hydrogen-bond donors (Lipinski definition) is 1. The lowest BCUT2D eigenvalue weighted by Crippen LogP contribution is -2.33. The quantitative estimate of drug-likeness (QED) is 0.769. The summed E-state index contributed by atoms with van der Waals surface area (Å²) in [6, 6.07) is 0. The molecule has 0 spiro atoms. The first kappa shape index (κ1) is 13.6. The highest BCUT2D eigenvalue weighted by Gasteiger charge is 2.28. The summed E-state index contributed by atoms with van der Waals surface area (Å²) < 4.78 is 11.9. The molecule has 0 saturated heterocycles. The molecule has 0 amide bonds. The fourth-order valence-electron chi connectivity index (χ4n) is 1.01. The van der Waals surface area contributed by atoms with Crippen LogP contribution in [0.25, 0.3) is 0 Å². The molecule has 84 valence electrons. The lowest BCUT2D eigenvalue weighted by Gasteiger charge is -2.22. The van der Waals surface area contributed by atoms with Gasteiger partial charge in [-0.05, 0) is 12.8 Å². The zero-order valence-electron chi connectivity index (χ0n) is 9.48. The number of aliphatic carboxylic acids is 1. The average molecular weight is 220 g/mol. The Balaban J connectivity index is 4.46. The van der Waals surface area contributed by atoms with Gasteiger partial charge in [0.15, 0.2) is 0 Å². The summed E-state index contributed by atoms with van der Waals surface area (Å²) in [7, 11) is -1.07. The molecular weight excluding hydrogens is 200 g/mol. The van der Waals surface area contributed by atoms with Crippen molar-refractivity contribution in [2.24, 2.45) is 11.8 Å². The first-order valence-electron chi connectivity index (χ1n) is 4.91. The maximum absolute atomic E-state index is 11.9. The molecule has 3 nitrogen and oxygen atoms in total. The Kier molecular flexibility index (Phi) is 5.34. The van der Waals surface area contributed by atoms with Crippen LogP contribution in [-0.4, -0.2) is 25.8 Å². The molecule has 0 aliphatic rings. The molecular formula is C10H20O3S. The molecule has 0 aliphatic heterocycles. The molecule has 14 heavy (non-hydrogen) atoms. The molecule has 4 heteroatoms. The summed E-state index contributed by atoms with van der Waals surface area (Å²) in [5.41, 5.74) is 0. The van der Waals surface area contributed by atoms with E-state index in [1.165, 1.54) is 0 Å². The van der Waals surface area contributed by atoms with Gasteiger partial charge in [-0.15, -0.1) is 0 Å². The molecule has 0 aliphatic carbocycles. The molecule has 0 radical (unpaired) electrons. The zero-order chi connectivity index (χ0) is 11.5. The number of carboxylic acids is 1. The molecule has 4 atom stereocenters. The van der Waals surface area contributed by atoms with Crippen LogP contribution in [0, 0.1) is 11.8 Å². The predicted octanol–water partition coefficient (Wildman–Crippen LogP) is 1.89. The smallest absolute Gasteiger partial charge is 0.307 e. The van der Waals surface area contributed by atoms with Gasteiger partial charge in [-0.3, -0.25) is 9.00 Å². The normalized spacial score (nSPS) is 20.1. The minimum atomic E-state index is -1.07. The van der Waals surface area contributed by atoms with Crippen LogP contribution in [0.4, 0.5) is 0 Å². The van der Waals surface area contributed by atoms with Crippen molar-refractivity contribution in [3.63, 3.8) is 0 Å². The molecule has 0 fully saturated rings. The second kappa shape index (κ2) is 5.49. The highest BCUT2D eigenvalue weighted by Crippen LogP contribution is 2.18. The molecule has 0 aromatic carbocycles. The van der Waals surface area contributed by atoms with Crippen molar-refractivity contribution in [3.05, 3.63) is 0 Å². The minimum absolute atomic E-state index is 0.0480. The van der Waals surface area contributed by atoms with E-state index in [2.05, 4.69) is 0 Å². The number of rotatable bonds is 5. The van der Waals surface area contributed by atoms with E-state index in [-0.39, 0.29) is 10.5 Å². The topological polar surface area (TPSA) is 54.4 Å². The molecule has 0 aromatic heterocycles. The van der Waals surface area contributed by atoms with Crippen molar-refractivity contribution in [2.45, 2.75) is 45.1 Å². The van der Waals surface area contributed by atoms with Gasteiger partial charge in [0, 0.05) is 21.3 Å². The molecule has 4 unspecified atom stereocenters. The fraction of sp³-hybridized carbons (Fsp3) is 0.900. The summed E-state index contributed by atoms with van der Waals surface area (Å²) in [5.74, 6) is -1.10. The summed E-state index contributed by atoms with van der Waals surface area (Å²) in [6.45, 7) is 9.26. The van der Waals surface area contributed by atoms with E-state index >= 15 is 0 Å². The lowest BCUT2D eigenvalue weighted by atomic mass is 10.1.